The van der Waals surface area contributed by atoms with Gasteiger partial charge in [-0.05, 0) is 57.0 Å². The SMILES string of the molecule is Cc1ccc(C(=O)n2c(=O)[nH]c3ccc(S(=O)(=O)NC4(C)CC4)cc32)cc1. The molecule has 4 rings (SSSR count). The van der Waals surface area contributed by atoms with Crippen molar-refractivity contribution >= 4 is 27.0 Å². The van der Waals surface area contributed by atoms with E-state index in [9.17, 15) is 18.0 Å². The molecular weight excluding hydrogens is 366 g/mol. The largest absolute Gasteiger partial charge is 0.333 e. The summed E-state index contributed by atoms with van der Waals surface area (Å²) in [5.74, 6) is -0.511. The Labute approximate surface area is 156 Å². The maximum Gasteiger partial charge on any atom is 0.333 e. The zero-order chi connectivity index (χ0) is 19.4. The molecule has 0 amide bonds. The number of hydrogen-bond donors (Lipinski definition) is 2. The molecule has 140 valence electrons. The van der Waals surface area contributed by atoms with E-state index < -0.39 is 27.2 Å². The van der Waals surface area contributed by atoms with E-state index in [-0.39, 0.29) is 10.4 Å². The van der Waals surface area contributed by atoms with Gasteiger partial charge in [0.2, 0.25) is 10.0 Å². The lowest BCUT2D eigenvalue weighted by atomic mass is 10.1. The Hall–Kier alpha value is -2.71. The van der Waals surface area contributed by atoms with E-state index >= 15 is 0 Å². The van der Waals surface area contributed by atoms with Crippen LogP contribution in [0, 0.1) is 6.92 Å². The van der Waals surface area contributed by atoms with E-state index in [1.807, 2.05) is 13.8 Å². The molecular formula is C19H19N3O4S. The predicted molar refractivity (Wildman–Crippen MR) is 101 cm³/mol. The van der Waals surface area contributed by atoms with Crippen LogP contribution in [0.5, 0.6) is 0 Å². The maximum absolute atomic E-state index is 12.8. The Morgan fingerprint density at radius 3 is 2.44 bits per heavy atom. The molecule has 8 heteroatoms. The molecule has 1 fully saturated rings. The minimum absolute atomic E-state index is 0.0209. The van der Waals surface area contributed by atoms with Crippen molar-refractivity contribution in [3.8, 4) is 0 Å². The lowest BCUT2D eigenvalue weighted by Gasteiger charge is -2.12. The van der Waals surface area contributed by atoms with Gasteiger partial charge in [0.05, 0.1) is 15.9 Å². The molecule has 7 nitrogen and oxygen atoms in total. The lowest BCUT2D eigenvalue weighted by molar-refractivity contribution is 0.0961. The van der Waals surface area contributed by atoms with Gasteiger partial charge in [0.15, 0.2) is 0 Å². The van der Waals surface area contributed by atoms with E-state index in [2.05, 4.69) is 9.71 Å². The number of carbonyl (C=O) groups is 1. The van der Waals surface area contributed by atoms with Crippen molar-refractivity contribution in [1.82, 2.24) is 14.3 Å². The summed E-state index contributed by atoms with van der Waals surface area (Å²) in [6.45, 7) is 3.74. The molecule has 1 saturated carbocycles. The molecule has 0 saturated heterocycles. The number of carbonyl (C=O) groups excluding carboxylic acids is 1. The van der Waals surface area contributed by atoms with Gasteiger partial charge in [-0.25, -0.2) is 22.5 Å². The van der Waals surface area contributed by atoms with Crippen LogP contribution in [-0.2, 0) is 10.0 Å². The Bertz CT molecular complexity index is 1220. The van der Waals surface area contributed by atoms with Gasteiger partial charge in [-0.3, -0.25) is 4.79 Å². The smallest absolute Gasteiger partial charge is 0.305 e. The summed E-state index contributed by atoms with van der Waals surface area (Å²) < 4.78 is 28.9. The minimum Gasteiger partial charge on any atom is -0.305 e. The van der Waals surface area contributed by atoms with E-state index in [4.69, 9.17) is 0 Å². The molecule has 1 heterocycles. The van der Waals surface area contributed by atoms with Gasteiger partial charge in [-0.2, -0.15) is 0 Å². The Morgan fingerprint density at radius 2 is 1.81 bits per heavy atom. The molecule has 0 radical (unpaired) electrons. The number of rotatable bonds is 4. The second kappa shape index (κ2) is 5.90. The first-order valence-electron chi connectivity index (χ1n) is 8.59. The summed E-state index contributed by atoms with van der Waals surface area (Å²) in [6.07, 6.45) is 1.57. The maximum atomic E-state index is 12.8. The minimum atomic E-state index is -3.74. The molecule has 0 spiro atoms. The molecule has 3 aromatic rings. The van der Waals surface area contributed by atoms with Crippen molar-refractivity contribution in [3.63, 3.8) is 0 Å². The number of aromatic amines is 1. The number of aryl methyl sites for hydroxylation is 1. The fourth-order valence-corrected chi connectivity index (χ4v) is 4.43. The average Bonchev–Trinajstić information content (AvgIpc) is 3.22. The Morgan fingerprint density at radius 1 is 1.15 bits per heavy atom. The molecule has 2 aromatic carbocycles. The number of sulfonamides is 1. The summed E-state index contributed by atoms with van der Waals surface area (Å²) in [5.41, 5.74) is 0.952. The van der Waals surface area contributed by atoms with Crippen LogP contribution < -0.4 is 10.4 Å². The van der Waals surface area contributed by atoms with Crippen LogP contribution in [0.1, 0.15) is 35.7 Å². The number of aromatic nitrogens is 2. The van der Waals surface area contributed by atoms with Crippen LogP contribution in [0.15, 0.2) is 52.2 Å². The van der Waals surface area contributed by atoms with Gasteiger partial charge in [0.1, 0.15) is 0 Å². The lowest BCUT2D eigenvalue weighted by Crippen LogP contribution is -2.34. The fourth-order valence-electron chi connectivity index (χ4n) is 2.95. The first kappa shape index (κ1) is 17.7. The fraction of sp³-hybridized carbons (Fsp3) is 0.263. The average molecular weight is 385 g/mol. The topological polar surface area (TPSA) is 101 Å². The number of hydrogen-bond acceptors (Lipinski definition) is 4. The normalized spacial score (nSPS) is 15.8. The van der Waals surface area contributed by atoms with Crippen molar-refractivity contribution in [2.24, 2.45) is 0 Å². The number of H-pyrrole nitrogens is 1. The second-order valence-corrected chi connectivity index (χ2v) is 8.96. The Kier molecular flexibility index (Phi) is 3.87. The molecule has 0 unspecified atom stereocenters. The third-order valence-corrected chi connectivity index (χ3v) is 6.48. The van der Waals surface area contributed by atoms with Crippen molar-refractivity contribution in [2.45, 2.75) is 37.1 Å². The molecule has 0 bridgehead atoms. The van der Waals surface area contributed by atoms with E-state index in [1.165, 1.54) is 18.2 Å². The van der Waals surface area contributed by atoms with Crippen LogP contribution in [0.2, 0.25) is 0 Å². The highest BCUT2D eigenvalue weighted by atomic mass is 32.2. The zero-order valence-corrected chi connectivity index (χ0v) is 15.8. The quantitative estimate of drug-likeness (QED) is 0.719. The van der Waals surface area contributed by atoms with Gasteiger partial charge in [-0.15, -0.1) is 0 Å². The first-order chi connectivity index (χ1) is 12.7. The highest BCUT2D eigenvalue weighted by Gasteiger charge is 2.41. The highest BCUT2D eigenvalue weighted by Crippen LogP contribution is 2.36. The highest BCUT2D eigenvalue weighted by molar-refractivity contribution is 7.89. The molecule has 1 aliphatic rings. The Balaban J connectivity index is 1.82. The van der Waals surface area contributed by atoms with Gasteiger partial charge in [-0.1, -0.05) is 17.7 Å². The molecule has 1 aromatic heterocycles. The first-order valence-corrected chi connectivity index (χ1v) is 10.1. The summed E-state index contributed by atoms with van der Waals surface area (Å²) >= 11 is 0. The van der Waals surface area contributed by atoms with Crippen LogP contribution in [0.25, 0.3) is 11.0 Å². The van der Waals surface area contributed by atoms with Crippen LogP contribution in [0.4, 0.5) is 0 Å². The number of fused-ring (bicyclic) bond motifs is 1. The van der Waals surface area contributed by atoms with Gasteiger partial charge >= 0.3 is 5.69 Å². The predicted octanol–water partition coefficient (Wildman–Crippen LogP) is 2.16. The van der Waals surface area contributed by atoms with Gasteiger partial charge in [0.25, 0.3) is 5.91 Å². The third kappa shape index (κ3) is 3.22. The van der Waals surface area contributed by atoms with Crippen LogP contribution in [0.3, 0.4) is 0 Å². The van der Waals surface area contributed by atoms with E-state index in [0.29, 0.717) is 11.1 Å². The summed E-state index contributed by atoms with van der Waals surface area (Å²) in [7, 11) is -3.74. The molecule has 1 aliphatic carbocycles. The van der Waals surface area contributed by atoms with Crippen molar-refractivity contribution in [1.29, 1.82) is 0 Å². The third-order valence-electron chi connectivity index (χ3n) is 4.85. The monoisotopic (exact) mass is 385 g/mol. The van der Waals surface area contributed by atoms with Crippen LogP contribution >= 0.6 is 0 Å². The summed E-state index contributed by atoms with van der Waals surface area (Å²) in [4.78, 5) is 27.8. The zero-order valence-electron chi connectivity index (χ0n) is 14.9. The van der Waals surface area contributed by atoms with Gasteiger partial charge in [0, 0.05) is 11.1 Å². The molecule has 0 atom stereocenters. The van der Waals surface area contributed by atoms with Crippen molar-refractivity contribution < 1.29 is 13.2 Å². The number of nitrogens with one attached hydrogen (secondary N) is 2. The van der Waals surface area contributed by atoms with E-state index in [1.54, 1.807) is 24.3 Å². The molecule has 0 aliphatic heterocycles. The van der Waals surface area contributed by atoms with Crippen molar-refractivity contribution in [3.05, 3.63) is 64.1 Å². The standard InChI is InChI=1S/C19H19N3O4S/c1-12-3-5-13(6-4-12)17(23)22-16-11-14(7-8-15(16)20-18(22)24)27(25,26)21-19(2)9-10-19/h3-8,11,21H,9-10H2,1-2H3,(H,20,24). The molecule has 27 heavy (non-hydrogen) atoms. The van der Waals surface area contributed by atoms with Gasteiger partial charge < -0.3 is 4.98 Å². The van der Waals surface area contributed by atoms with Crippen LogP contribution in [-0.4, -0.2) is 29.4 Å². The second-order valence-electron chi connectivity index (χ2n) is 7.28. The van der Waals surface area contributed by atoms with E-state index in [0.717, 1.165) is 23.0 Å². The summed E-state index contributed by atoms with van der Waals surface area (Å²) in [5, 5.41) is 0. The number of nitrogens with zero attached hydrogens (tertiary/aromatic N) is 1. The number of benzene rings is 2. The summed E-state index contributed by atoms with van der Waals surface area (Å²) in [6, 6.07) is 11.1. The number of imidazole rings is 1. The molecule has 2 N–H and O–H groups in total. The van der Waals surface area contributed by atoms with Crippen molar-refractivity contribution in [2.75, 3.05) is 0 Å².